The molecule has 0 radical (unpaired) electrons. The fourth-order valence-electron chi connectivity index (χ4n) is 2.58. The predicted molar refractivity (Wildman–Crippen MR) is 113 cm³/mol. The Labute approximate surface area is 176 Å². The Morgan fingerprint density at radius 2 is 1.72 bits per heavy atom. The first-order valence-corrected chi connectivity index (χ1v) is 10.8. The van der Waals surface area contributed by atoms with Crippen molar-refractivity contribution in [1.82, 2.24) is 5.32 Å². The molecule has 0 saturated heterocycles. The van der Waals surface area contributed by atoms with Gasteiger partial charge in [-0.2, -0.15) is 0 Å². The van der Waals surface area contributed by atoms with Gasteiger partial charge in [-0.05, 0) is 49.7 Å². The summed E-state index contributed by atoms with van der Waals surface area (Å²) < 4.78 is 38.2. The molecular formula is C20H25ClN2O5S. The molecule has 9 heteroatoms. The minimum Gasteiger partial charge on any atom is -0.493 e. The molecule has 0 aliphatic heterocycles. The molecule has 2 aromatic rings. The van der Waals surface area contributed by atoms with Crippen molar-refractivity contribution in [3.63, 3.8) is 0 Å². The van der Waals surface area contributed by atoms with Crippen molar-refractivity contribution in [1.29, 1.82) is 0 Å². The monoisotopic (exact) mass is 440 g/mol. The third-order valence-electron chi connectivity index (χ3n) is 4.36. The number of ether oxygens (including phenoxy) is 2. The van der Waals surface area contributed by atoms with E-state index >= 15 is 0 Å². The topological polar surface area (TPSA) is 84.9 Å². The van der Waals surface area contributed by atoms with Gasteiger partial charge in [-0.1, -0.05) is 18.5 Å². The van der Waals surface area contributed by atoms with Crippen LogP contribution in [0.15, 0.2) is 47.4 Å². The lowest BCUT2D eigenvalue weighted by Gasteiger charge is -2.25. The Morgan fingerprint density at radius 1 is 1.10 bits per heavy atom. The molecule has 0 saturated carbocycles. The van der Waals surface area contributed by atoms with E-state index in [0.29, 0.717) is 16.5 Å². The smallest absolute Gasteiger partial charge is 0.264 e. The zero-order valence-corrected chi connectivity index (χ0v) is 18.4. The van der Waals surface area contributed by atoms with Gasteiger partial charge in [0, 0.05) is 17.1 Å². The van der Waals surface area contributed by atoms with E-state index in [9.17, 15) is 13.2 Å². The first kappa shape index (κ1) is 22.8. The number of carbonyl (C=O) groups excluding carboxylic acids is 1. The number of methoxy groups -OCH3 is 2. The summed E-state index contributed by atoms with van der Waals surface area (Å²) in [5.41, 5.74) is 0.323. The summed E-state index contributed by atoms with van der Waals surface area (Å²) in [4.78, 5) is 12.5. The van der Waals surface area contributed by atoms with Gasteiger partial charge in [0.2, 0.25) is 5.91 Å². The first-order chi connectivity index (χ1) is 13.7. The molecule has 158 valence electrons. The van der Waals surface area contributed by atoms with E-state index in [-0.39, 0.29) is 23.2 Å². The number of rotatable bonds is 9. The average molecular weight is 441 g/mol. The van der Waals surface area contributed by atoms with Crippen LogP contribution < -0.4 is 19.1 Å². The highest BCUT2D eigenvalue weighted by Crippen LogP contribution is 2.32. The number of amides is 1. The molecule has 0 fully saturated rings. The predicted octanol–water partition coefficient (Wildman–Crippen LogP) is 3.47. The van der Waals surface area contributed by atoms with Gasteiger partial charge in [-0.3, -0.25) is 9.10 Å². The van der Waals surface area contributed by atoms with Gasteiger partial charge in [-0.25, -0.2) is 8.42 Å². The first-order valence-electron chi connectivity index (χ1n) is 9.02. The van der Waals surface area contributed by atoms with Crippen molar-refractivity contribution in [3.05, 3.63) is 47.5 Å². The highest BCUT2D eigenvalue weighted by molar-refractivity contribution is 7.92. The molecule has 1 N–H and O–H groups in total. The van der Waals surface area contributed by atoms with Crippen molar-refractivity contribution in [2.75, 3.05) is 25.1 Å². The normalized spacial score (nSPS) is 12.2. The van der Waals surface area contributed by atoms with E-state index in [1.807, 2.05) is 13.8 Å². The molecule has 0 aromatic heterocycles. The van der Waals surface area contributed by atoms with E-state index in [2.05, 4.69) is 5.32 Å². The SMILES string of the molecule is CC[C@H](C)NC(=O)CN(c1ccc(Cl)cc1)S(=O)(=O)c1ccc(OC)c(OC)c1. The van der Waals surface area contributed by atoms with Gasteiger partial charge in [0.05, 0.1) is 24.8 Å². The Balaban J connectivity index is 2.48. The molecule has 0 unspecified atom stereocenters. The van der Waals surface area contributed by atoms with Gasteiger partial charge in [0.15, 0.2) is 11.5 Å². The lowest BCUT2D eigenvalue weighted by Crippen LogP contribution is -2.43. The highest BCUT2D eigenvalue weighted by atomic mass is 35.5. The van der Waals surface area contributed by atoms with Gasteiger partial charge in [0.25, 0.3) is 10.0 Å². The summed E-state index contributed by atoms with van der Waals surface area (Å²) in [7, 11) is -1.18. The second-order valence-corrected chi connectivity index (χ2v) is 8.68. The molecule has 0 bridgehead atoms. The summed E-state index contributed by atoms with van der Waals surface area (Å²) in [6.07, 6.45) is 0.731. The summed E-state index contributed by atoms with van der Waals surface area (Å²) in [6, 6.07) is 10.5. The van der Waals surface area contributed by atoms with Crippen LogP contribution >= 0.6 is 11.6 Å². The Kier molecular flexibility index (Phi) is 7.75. The minimum absolute atomic E-state index is 0.0264. The van der Waals surface area contributed by atoms with Crippen molar-refractivity contribution >= 4 is 33.2 Å². The van der Waals surface area contributed by atoms with Crippen LogP contribution in [0.3, 0.4) is 0 Å². The molecule has 1 atom stereocenters. The van der Waals surface area contributed by atoms with Crippen molar-refractivity contribution in [2.45, 2.75) is 31.2 Å². The quantitative estimate of drug-likeness (QED) is 0.645. The van der Waals surface area contributed by atoms with Crippen LogP contribution in [0.4, 0.5) is 5.69 Å². The van der Waals surface area contributed by atoms with E-state index in [1.54, 1.807) is 24.3 Å². The number of hydrogen-bond acceptors (Lipinski definition) is 5. The number of hydrogen-bond donors (Lipinski definition) is 1. The lowest BCUT2D eigenvalue weighted by molar-refractivity contribution is -0.120. The van der Waals surface area contributed by atoms with Gasteiger partial charge in [-0.15, -0.1) is 0 Å². The Bertz CT molecular complexity index is 948. The lowest BCUT2D eigenvalue weighted by atomic mass is 10.2. The fraction of sp³-hybridized carbons (Fsp3) is 0.350. The second-order valence-electron chi connectivity index (χ2n) is 6.38. The van der Waals surface area contributed by atoms with E-state index in [1.165, 1.54) is 32.4 Å². The zero-order valence-electron chi connectivity index (χ0n) is 16.8. The molecular weight excluding hydrogens is 416 g/mol. The van der Waals surface area contributed by atoms with Crippen molar-refractivity contribution in [2.24, 2.45) is 0 Å². The zero-order chi connectivity index (χ0) is 21.6. The number of nitrogens with zero attached hydrogens (tertiary/aromatic N) is 1. The van der Waals surface area contributed by atoms with Gasteiger partial charge in [0.1, 0.15) is 6.54 Å². The number of nitrogens with one attached hydrogen (secondary N) is 1. The maximum absolute atomic E-state index is 13.4. The fourth-order valence-corrected chi connectivity index (χ4v) is 4.14. The maximum Gasteiger partial charge on any atom is 0.264 e. The van der Waals surface area contributed by atoms with Crippen LogP contribution in [0, 0.1) is 0 Å². The summed E-state index contributed by atoms with van der Waals surface area (Å²) in [6.45, 7) is 3.41. The van der Waals surface area contributed by atoms with Crippen LogP contribution in [0.5, 0.6) is 11.5 Å². The van der Waals surface area contributed by atoms with Crippen LogP contribution in [0.2, 0.25) is 5.02 Å². The summed E-state index contributed by atoms with van der Waals surface area (Å²) in [5, 5.41) is 3.25. The highest BCUT2D eigenvalue weighted by Gasteiger charge is 2.28. The summed E-state index contributed by atoms with van der Waals surface area (Å²) >= 11 is 5.94. The minimum atomic E-state index is -4.07. The average Bonchev–Trinajstić information content (AvgIpc) is 2.71. The third kappa shape index (κ3) is 5.55. The molecule has 2 rings (SSSR count). The molecule has 0 aliphatic carbocycles. The Hall–Kier alpha value is -2.45. The van der Waals surface area contributed by atoms with Crippen LogP contribution in [0.1, 0.15) is 20.3 Å². The van der Waals surface area contributed by atoms with E-state index in [0.717, 1.165) is 10.7 Å². The molecule has 29 heavy (non-hydrogen) atoms. The largest absolute Gasteiger partial charge is 0.493 e. The van der Waals surface area contributed by atoms with E-state index in [4.69, 9.17) is 21.1 Å². The molecule has 0 heterocycles. The van der Waals surface area contributed by atoms with Crippen molar-refractivity contribution < 1.29 is 22.7 Å². The van der Waals surface area contributed by atoms with Crippen LogP contribution in [-0.4, -0.2) is 41.1 Å². The molecule has 7 nitrogen and oxygen atoms in total. The number of carbonyl (C=O) groups is 1. The maximum atomic E-state index is 13.4. The standard InChI is InChI=1S/C20H25ClN2O5S/c1-5-14(2)22-20(24)13-23(16-8-6-15(21)7-9-16)29(25,26)17-10-11-18(27-3)19(12-17)28-4/h6-12,14H,5,13H2,1-4H3,(H,22,24)/t14-/m0/s1. The third-order valence-corrected chi connectivity index (χ3v) is 6.39. The van der Waals surface area contributed by atoms with Gasteiger partial charge >= 0.3 is 0 Å². The number of halogens is 1. The van der Waals surface area contributed by atoms with Crippen LogP contribution in [0.25, 0.3) is 0 Å². The summed E-state index contributed by atoms with van der Waals surface area (Å²) in [5.74, 6) is 0.269. The number of anilines is 1. The van der Waals surface area contributed by atoms with Gasteiger partial charge < -0.3 is 14.8 Å². The second kappa shape index (κ2) is 9.84. The number of benzene rings is 2. The molecule has 2 aromatic carbocycles. The van der Waals surface area contributed by atoms with Crippen LogP contribution in [-0.2, 0) is 14.8 Å². The Morgan fingerprint density at radius 3 is 2.28 bits per heavy atom. The van der Waals surface area contributed by atoms with E-state index < -0.39 is 15.9 Å². The molecule has 0 aliphatic rings. The number of sulfonamides is 1. The van der Waals surface area contributed by atoms with Crippen molar-refractivity contribution in [3.8, 4) is 11.5 Å². The molecule has 0 spiro atoms. The molecule has 1 amide bonds.